The van der Waals surface area contributed by atoms with Crippen LogP contribution in [0.1, 0.15) is 17.4 Å². The standard InChI is InChI=1S/C13H12F3N3OS/c1-7(19-20)11-10(18-12(17-2)21-11)8-5-3-4-6-9(8)13(14,15)16/h3-6,20H,1-2H3,(H,17,18)/b19-7+. The van der Waals surface area contributed by atoms with Gasteiger partial charge < -0.3 is 10.5 Å². The zero-order chi connectivity index (χ0) is 15.6. The number of hydrogen-bond acceptors (Lipinski definition) is 5. The van der Waals surface area contributed by atoms with Crippen LogP contribution in [0.15, 0.2) is 29.4 Å². The zero-order valence-electron chi connectivity index (χ0n) is 11.2. The maximum atomic E-state index is 13.1. The molecule has 0 aliphatic carbocycles. The Labute approximate surface area is 122 Å². The van der Waals surface area contributed by atoms with Crippen molar-refractivity contribution >= 4 is 22.2 Å². The topological polar surface area (TPSA) is 57.5 Å². The first-order chi connectivity index (χ1) is 9.88. The Morgan fingerprint density at radius 3 is 2.57 bits per heavy atom. The van der Waals surface area contributed by atoms with Crippen LogP contribution in [0.5, 0.6) is 0 Å². The first-order valence-corrected chi connectivity index (χ1v) is 6.74. The molecule has 0 bridgehead atoms. The number of thiazole rings is 1. The third kappa shape index (κ3) is 2.99. The molecule has 1 heterocycles. The molecule has 0 amide bonds. The quantitative estimate of drug-likeness (QED) is 0.510. The number of nitrogens with zero attached hydrogens (tertiary/aromatic N) is 2. The molecule has 0 aliphatic heterocycles. The van der Waals surface area contributed by atoms with Crippen LogP contribution >= 0.6 is 11.3 Å². The van der Waals surface area contributed by atoms with Crippen molar-refractivity contribution in [3.63, 3.8) is 0 Å². The number of benzene rings is 1. The first-order valence-electron chi connectivity index (χ1n) is 5.92. The molecule has 0 spiro atoms. The third-order valence-electron chi connectivity index (χ3n) is 2.81. The molecule has 21 heavy (non-hydrogen) atoms. The van der Waals surface area contributed by atoms with Gasteiger partial charge in [0.05, 0.1) is 21.8 Å². The molecule has 0 unspecified atom stereocenters. The smallest absolute Gasteiger partial charge is 0.411 e. The van der Waals surface area contributed by atoms with E-state index in [1.807, 2.05) is 0 Å². The fourth-order valence-corrected chi connectivity index (χ4v) is 2.71. The van der Waals surface area contributed by atoms with Crippen LogP contribution in [-0.4, -0.2) is 23.0 Å². The van der Waals surface area contributed by atoms with Crippen molar-refractivity contribution in [3.05, 3.63) is 34.7 Å². The van der Waals surface area contributed by atoms with Crippen LogP contribution in [-0.2, 0) is 6.18 Å². The minimum atomic E-state index is -4.48. The summed E-state index contributed by atoms with van der Waals surface area (Å²) in [5.74, 6) is 0. The molecule has 8 heteroatoms. The van der Waals surface area contributed by atoms with E-state index in [2.05, 4.69) is 15.5 Å². The van der Waals surface area contributed by atoms with Gasteiger partial charge in [0.15, 0.2) is 5.13 Å². The molecule has 0 radical (unpaired) electrons. The summed E-state index contributed by atoms with van der Waals surface area (Å²) < 4.78 is 39.4. The fourth-order valence-electron chi connectivity index (χ4n) is 1.84. The Bertz CT molecular complexity index is 680. The number of nitrogens with one attached hydrogen (secondary N) is 1. The van der Waals surface area contributed by atoms with Crippen molar-refractivity contribution < 1.29 is 18.4 Å². The third-order valence-corrected chi connectivity index (χ3v) is 3.99. The maximum absolute atomic E-state index is 13.1. The Kier molecular flexibility index (Phi) is 4.17. The lowest BCUT2D eigenvalue weighted by atomic mass is 10.0. The normalized spacial score (nSPS) is 12.5. The van der Waals surface area contributed by atoms with Crippen LogP contribution in [0.2, 0.25) is 0 Å². The predicted octanol–water partition coefficient (Wildman–Crippen LogP) is 4.07. The maximum Gasteiger partial charge on any atom is 0.417 e. The number of hydrogen-bond donors (Lipinski definition) is 2. The number of anilines is 1. The Balaban J connectivity index is 2.70. The van der Waals surface area contributed by atoms with Crippen molar-refractivity contribution in [3.8, 4) is 11.3 Å². The average Bonchev–Trinajstić information content (AvgIpc) is 2.89. The highest BCUT2D eigenvalue weighted by Gasteiger charge is 2.34. The second-order valence-electron chi connectivity index (χ2n) is 4.18. The lowest BCUT2D eigenvalue weighted by Gasteiger charge is -2.12. The molecule has 0 atom stereocenters. The van der Waals surface area contributed by atoms with E-state index in [1.165, 1.54) is 25.1 Å². The number of aromatic nitrogens is 1. The van der Waals surface area contributed by atoms with E-state index >= 15 is 0 Å². The van der Waals surface area contributed by atoms with Gasteiger partial charge in [0.2, 0.25) is 0 Å². The lowest BCUT2D eigenvalue weighted by molar-refractivity contribution is -0.137. The molecule has 0 aliphatic rings. The Morgan fingerprint density at radius 1 is 1.33 bits per heavy atom. The summed E-state index contributed by atoms with van der Waals surface area (Å²) >= 11 is 1.13. The second-order valence-corrected chi connectivity index (χ2v) is 5.17. The SMILES string of the molecule is CNc1nc(-c2ccccc2C(F)(F)F)c(/C(C)=N/O)s1. The van der Waals surface area contributed by atoms with Crippen molar-refractivity contribution in [1.82, 2.24) is 4.98 Å². The van der Waals surface area contributed by atoms with Gasteiger partial charge in [0, 0.05) is 12.6 Å². The van der Waals surface area contributed by atoms with E-state index in [0.717, 1.165) is 17.4 Å². The van der Waals surface area contributed by atoms with E-state index in [9.17, 15) is 13.2 Å². The number of rotatable bonds is 3. The van der Waals surface area contributed by atoms with Crippen LogP contribution in [0.25, 0.3) is 11.3 Å². The van der Waals surface area contributed by atoms with E-state index in [4.69, 9.17) is 5.21 Å². The summed E-state index contributed by atoms with van der Waals surface area (Å²) in [7, 11) is 1.62. The van der Waals surface area contributed by atoms with Crippen LogP contribution in [0.4, 0.5) is 18.3 Å². The average molecular weight is 315 g/mol. The van der Waals surface area contributed by atoms with E-state index < -0.39 is 11.7 Å². The van der Waals surface area contributed by atoms with Gasteiger partial charge in [-0.2, -0.15) is 13.2 Å². The van der Waals surface area contributed by atoms with Gasteiger partial charge >= 0.3 is 6.18 Å². The molecule has 2 aromatic rings. The predicted molar refractivity (Wildman–Crippen MR) is 76.1 cm³/mol. The van der Waals surface area contributed by atoms with Gasteiger partial charge in [-0.1, -0.05) is 34.7 Å². The molecule has 0 saturated carbocycles. The van der Waals surface area contributed by atoms with Crippen LogP contribution in [0.3, 0.4) is 0 Å². The number of alkyl halides is 3. The molecular weight excluding hydrogens is 303 g/mol. The molecule has 4 nitrogen and oxygen atoms in total. The molecule has 1 aromatic heterocycles. The lowest BCUT2D eigenvalue weighted by Crippen LogP contribution is -2.08. The van der Waals surface area contributed by atoms with Crippen LogP contribution in [0, 0.1) is 0 Å². The molecule has 0 saturated heterocycles. The monoisotopic (exact) mass is 315 g/mol. The van der Waals surface area contributed by atoms with E-state index in [-0.39, 0.29) is 17.0 Å². The second kappa shape index (κ2) is 5.72. The van der Waals surface area contributed by atoms with Gasteiger partial charge in [-0.3, -0.25) is 0 Å². The van der Waals surface area contributed by atoms with Crippen LogP contribution < -0.4 is 5.32 Å². The fraction of sp³-hybridized carbons (Fsp3) is 0.231. The Morgan fingerprint density at radius 2 is 2.00 bits per heavy atom. The Hall–Kier alpha value is -2.09. The first kappa shape index (κ1) is 15.3. The molecule has 0 fully saturated rings. The molecule has 1 aromatic carbocycles. The minimum Gasteiger partial charge on any atom is -0.411 e. The van der Waals surface area contributed by atoms with E-state index in [0.29, 0.717) is 10.0 Å². The van der Waals surface area contributed by atoms with E-state index in [1.54, 1.807) is 7.05 Å². The summed E-state index contributed by atoms with van der Waals surface area (Å²) in [5.41, 5.74) is -0.459. The molecule has 2 N–H and O–H groups in total. The van der Waals surface area contributed by atoms with Crippen molar-refractivity contribution in [2.24, 2.45) is 5.16 Å². The van der Waals surface area contributed by atoms with Gasteiger partial charge in [0.1, 0.15) is 0 Å². The highest BCUT2D eigenvalue weighted by atomic mass is 32.1. The van der Waals surface area contributed by atoms with Gasteiger partial charge in [-0.05, 0) is 13.0 Å². The molecule has 112 valence electrons. The summed E-state index contributed by atoms with van der Waals surface area (Å²) in [6.07, 6.45) is -4.48. The summed E-state index contributed by atoms with van der Waals surface area (Å²) in [6.45, 7) is 1.51. The van der Waals surface area contributed by atoms with Gasteiger partial charge in [0.25, 0.3) is 0 Å². The highest BCUT2D eigenvalue weighted by Crippen LogP contribution is 2.40. The largest absolute Gasteiger partial charge is 0.417 e. The van der Waals surface area contributed by atoms with Gasteiger partial charge in [-0.15, -0.1) is 0 Å². The molecular formula is C13H12F3N3OS. The summed E-state index contributed by atoms with van der Waals surface area (Å²) in [6, 6.07) is 5.19. The summed E-state index contributed by atoms with van der Waals surface area (Å²) in [4.78, 5) is 4.55. The number of oxime groups is 1. The number of halogens is 3. The van der Waals surface area contributed by atoms with Gasteiger partial charge in [-0.25, -0.2) is 4.98 Å². The molecule has 2 rings (SSSR count). The van der Waals surface area contributed by atoms with Crippen molar-refractivity contribution in [2.75, 3.05) is 12.4 Å². The summed E-state index contributed by atoms with van der Waals surface area (Å²) in [5, 5.41) is 15.2. The highest BCUT2D eigenvalue weighted by molar-refractivity contribution is 7.18. The minimum absolute atomic E-state index is 0.0410. The van der Waals surface area contributed by atoms with Crippen molar-refractivity contribution in [1.29, 1.82) is 0 Å². The zero-order valence-corrected chi connectivity index (χ0v) is 12.0. The van der Waals surface area contributed by atoms with Crippen molar-refractivity contribution in [2.45, 2.75) is 13.1 Å².